The Bertz CT molecular complexity index is 685. The van der Waals surface area contributed by atoms with Gasteiger partial charge in [0, 0.05) is 0 Å². The van der Waals surface area contributed by atoms with Crippen LogP contribution < -0.4 is 5.73 Å². The van der Waals surface area contributed by atoms with E-state index in [0.717, 1.165) is 12.1 Å². The number of benzene rings is 1. The number of halogens is 3. The maximum absolute atomic E-state index is 13.8. The van der Waals surface area contributed by atoms with E-state index in [-0.39, 0.29) is 16.8 Å². The second-order valence-electron chi connectivity index (χ2n) is 3.96. The van der Waals surface area contributed by atoms with Crippen molar-refractivity contribution in [3.63, 3.8) is 0 Å². The molecule has 0 unspecified atom stereocenters. The maximum Gasteiger partial charge on any atom is 0.336 e. The number of aromatic carboxylic acids is 1. The maximum atomic E-state index is 13.8. The molecule has 106 valence electrons. The van der Waals surface area contributed by atoms with Crippen molar-refractivity contribution in [1.82, 2.24) is 14.8 Å². The average Bonchev–Trinajstić information content (AvgIpc) is 2.71. The van der Waals surface area contributed by atoms with Crippen molar-refractivity contribution in [2.24, 2.45) is 0 Å². The van der Waals surface area contributed by atoms with E-state index in [9.17, 15) is 18.0 Å². The van der Waals surface area contributed by atoms with Gasteiger partial charge in [0.1, 0.15) is 11.5 Å². The molecule has 2 aromatic rings. The van der Waals surface area contributed by atoms with E-state index < -0.39 is 30.0 Å². The normalized spacial score (nSPS) is 11.1. The molecule has 0 spiro atoms. The van der Waals surface area contributed by atoms with Crippen LogP contribution in [0.15, 0.2) is 12.1 Å². The van der Waals surface area contributed by atoms with Gasteiger partial charge < -0.3 is 10.8 Å². The molecule has 0 aliphatic carbocycles. The van der Waals surface area contributed by atoms with Crippen molar-refractivity contribution >= 4 is 11.9 Å². The number of aromatic nitrogens is 3. The minimum Gasteiger partial charge on any atom is -0.478 e. The molecule has 2 rings (SSSR count). The largest absolute Gasteiger partial charge is 0.478 e. The Morgan fingerprint density at radius 3 is 2.60 bits per heavy atom. The summed E-state index contributed by atoms with van der Waals surface area (Å²) in [5.74, 6) is -3.44. The van der Waals surface area contributed by atoms with Crippen LogP contribution in [-0.4, -0.2) is 25.8 Å². The first-order valence-corrected chi connectivity index (χ1v) is 5.35. The van der Waals surface area contributed by atoms with Crippen LogP contribution in [-0.2, 0) is 0 Å². The topological polar surface area (TPSA) is 94.0 Å². The smallest absolute Gasteiger partial charge is 0.336 e. The number of alkyl halides is 2. The Hall–Kier alpha value is -2.58. The number of nitrogens with two attached hydrogens (primary N) is 1. The SMILES string of the molecule is Cc1cc(F)c(-n2nc(C(F)F)nc2N)cc1C(=O)O. The van der Waals surface area contributed by atoms with Crippen LogP contribution in [0.3, 0.4) is 0 Å². The van der Waals surface area contributed by atoms with E-state index in [1.54, 1.807) is 0 Å². The summed E-state index contributed by atoms with van der Waals surface area (Å²) in [6, 6.07) is 1.93. The number of carbonyl (C=O) groups is 1. The highest BCUT2D eigenvalue weighted by Crippen LogP contribution is 2.23. The number of nitrogen functional groups attached to an aromatic ring is 1. The number of aryl methyl sites for hydroxylation is 1. The summed E-state index contributed by atoms with van der Waals surface area (Å²) in [4.78, 5) is 14.3. The minimum absolute atomic E-state index is 0.185. The summed E-state index contributed by atoms with van der Waals surface area (Å²) < 4.78 is 39.4. The number of rotatable bonds is 3. The van der Waals surface area contributed by atoms with Gasteiger partial charge in [-0.3, -0.25) is 0 Å². The molecule has 0 radical (unpaired) electrons. The van der Waals surface area contributed by atoms with Gasteiger partial charge in [0.2, 0.25) is 11.8 Å². The zero-order chi connectivity index (χ0) is 15.0. The molecule has 9 heteroatoms. The van der Waals surface area contributed by atoms with E-state index in [1.807, 2.05) is 0 Å². The fraction of sp³-hybridized carbons (Fsp3) is 0.182. The van der Waals surface area contributed by atoms with Crippen molar-refractivity contribution in [3.8, 4) is 5.69 Å². The first-order valence-electron chi connectivity index (χ1n) is 5.35. The lowest BCUT2D eigenvalue weighted by molar-refractivity contribution is 0.0696. The van der Waals surface area contributed by atoms with Gasteiger partial charge in [0.25, 0.3) is 6.43 Å². The van der Waals surface area contributed by atoms with E-state index >= 15 is 0 Å². The van der Waals surface area contributed by atoms with Gasteiger partial charge in [-0.15, -0.1) is 5.10 Å². The van der Waals surface area contributed by atoms with Crippen LogP contribution in [0.1, 0.15) is 28.2 Å². The molecule has 1 aromatic carbocycles. The molecule has 20 heavy (non-hydrogen) atoms. The monoisotopic (exact) mass is 286 g/mol. The average molecular weight is 286 g/mol. The quantitative estimate of drug-likeness (QED) is 0.899. The third-order valence-corrected chi connectivity index (χ3v) is 2.60. The fourth-order valence-corrected chi connectivity index (χ4v) is 1.66. The van der Waals surface area contributed by atoms with Crippen molar-refractivity contribution < 1.29 is 23.1 Å². The molecule has 6 nitrogen and oxygen atoms in total. The summed E-state index contributed by atoms with van der Waals surface area (Å²) in [6.45, 7) is 1.41. The molecule has 0 aliphatic rings. The zero-order valence-electron chi connectivity index (χ0n) is 10.1. The standard InChI is InChI=1S/C11H9F3N4O2/c1-4-2-6(12)7(3-5(4)10(19)20)18-11(15)16-9(17-18)8(13)14/h2-3,8H,1H3,(H,19,20)(H2,15,16,17). The van der Waals surface area contributed by atoms with E-state index in [4.69, 9.17) is 10.8 Å². The van der Waals surface area contributed by atoms with Gasteiger partial charge in [-0.25, -0.2) is 18.0 Å². The van der Waals surface area contributed by atoms with E-state index in [2.05, 4.69) is 10.1 Å². The lowest BCUT2D eigenvalue weighted by Gasteiger charge is -2.08. The molecule has 0 atom stereocenters. The van der Waals surface area contributed by atoms with Crippen LogP contribution in [0.4, 0.5) is 19.1 Å². The number of carboxylic acid groups (broad SMARTS) is 1. The van der Waals surface area contributed by atoms with Gasteiger partial charge in [-0.1, -0.05) is 0 Å². The van der Waals surface area contributed by atoms with Crippen LogP contribution in [0.25, 0.3) is 5.69 Å². The molecular formula is C11H9F3N4O2. The summed E-state index contributed by atoms with van der Waals surface area (Å²) in [7, 11) is 0. The predicted molar refractivity (Wildman–Crippen MR) is 62.4 cm³/mol. The highest BCUT2D eigenvalue weighted by atomic mass is 19.3. The molecule has 1 aromatic heterocycles. The molecule has 3 N–H and O–H groups in total. The summed E-state index contributed by atoms with van der Waals surface area (Å²) in [6.07, 6.45) is -2.97. The van der Waals surface area contributed by atoms with Gasteiger partial charge in [0.05, 0.1) is 5.56 Å². The van der Waals surface area contributed by atoms with E-state index in [0.29, 0.717) is 4.68 Å². The van der Waals surface area contributed by atoms with Crippen LogP contribution >= 0.6 is 0 Å². The molecule has 0 amide bonds. The first-order chi connectivity index (χ1) is 9.31. The van der Waals surface area contributed by atoms with Gasteiger partial charge in [-0.2, -0.15) is 9.67 Å². The highest BCUT2D eigenvalue weighted by Gasteiger charge is 2.20. The number of anilines is 1. The second-order valence-corrected chi connectivity index (χ2v) is 3.96. The Morgan fingerprint density at radius 1 is 1.45 bits per heavy atom. The van der Waals surface area contributed by atoms with Crippen molar-refractivity contribution in [2.45, 2.75) is 13.3 Å². The number of nitrogens with zero attached hydrogens (tertiary/aromatic N) is 3. The molecule has 0 aliphatic heterocycles. The van der Waals surface area contributed by atoms with Crippen molar-refractivity contribution in [1.29, 1.82) is 0 Å². The Kier molecular flexibility index (Phi) is 3.35. The van der Waals surface area contributed by atoms with Gasteiger partial charge in [0.15, 0.2) is 0 Å². The van der Waals surface area contributed by atoms with Crippen LogP contribution in [0.2, 0.25) is 0 Å². The number of hydrogen-bond acceptors (Lipinski definition) is 4. The summed E-state index contributed by atoms with van der Waals surface area (Å²) in [5, 5.41) is 12.3. The van der Waals surface area contributed by atoms with Gasteiger partial charge >= 0.3 is 5.97 Å². The third kappa shape index (κ3) is 2.29. The van der Waals surface area contributed by atoms with Crippen molar-refractivity contribution in [2.75, 3.05) is 5.73 Å². The lowest BCUT2D eigenvalue weighted by Crippen LogP contribution is -2.09. The Morgan fingerprint density at radius 2 is 2.10 bits per heavy atom. The van der Waals surface area contributed by atoms with Gasteiger partial charge in [-0.05, 0) is 24.6 Å². The molecule has 1 heterocycles. The third-order valence-electron chi connectivity index (χ3n) is 2.60. The minimum atomic E-state index is -2.97. The van der Waals surface area contributed by atoms with Crippen LogP contribution in [0.5, 0.6) is 0 Å². The molecular weight excluding hydrogens is 277 g/mol. The lowest BCUT2D eigenvalue weighted by atomic mass is 10.1. The van der Waals surface area contributed by atoms with Crippen LogP contribution in [0, 0.1) is 12.7 Å². The Labute approximate surface area is 110 Å². The first kappa shape index (κ1) is 13.8. The zero-order valence-corrected chi connectivity index (χ0v) is 10.1. The number of hydrogen-bond donors (Lipinski definition) is 2. The molecule has 0 fully saturated rings. The predicted octanol–water partition coefficient (Wildman–Crippen LogP) is 1.93. The molecule has 0 saturated carbocycles. The highest BCUT2D eigenvalue weighted by molar-refractivity contribution is 5.90. The molecule has 0 saturated heterocycles. The summed E-state index contributed by atoms with van der Waals surface area (Å²) >= 11 is 0. The van der Waals surface area contributed by atoms with E-state index in [1.165, 1.54) is 6.92 Å². The number of carboxylic acids is 1. The van der Waals surface area contributed by atoms with Crippen molar-refractivity contribution in [3.05, 3.63) is 34.9 Å². The Balaban J connectivity index is 2.63. The fourth-order valence-electron chi connectivity index (χ4n) is 1.66. The molecule has 0 bridgehead atoms. The summed E-state index contributed by atoms with van der Waals surface area (Å²) in [5.41, 5.74) is 5.03. The second kappa shape index (κ2) is 4.83.